The van der Waals surface area contributed by atoms with Crippen molar-refractivity contribution in [1.29, 1.82) is 0 Å². The topological polar surface area (TPSA) is 84.2 Å². The van der Waals surface area contributed by atoms with Gasteiger partial charge in [0.2, 0.25) is 10.0 Å². The molecule has 1 aliphatic rings. The highest BCUT2D eigenvalue weighted by Gasteiger charge is 2.18. The summed E-state index contributed by atoms with van der Waals surface area (Å²) in [5.41, 5.74) is 9.17. The minimum Gasteiger partial charge on any atom is -0.327 e. The summed E-state index contributed by atoms with van der Waals surface area (Å²) in [6, 6.07) is 17.7. The SMILES string of the molecule is NC(CCCCNS(=O)(=O)c1ccccc1)CNC1CCc2ccccc2C1. The van der Waals surface area contributed by atoms with E-state index in [1.54, 1.807) is 30.3 Å². The predicted molar refractivity (Wildman–Crippen MR) is 114 cm³/mol. The molecule has 28 heavy (non-hydrogen) atoms. The van der Waals surface area contributed by atoms with Crippen LogP contribution in [0, 0.1) is 0 Å². The highest BCUT2D eigenvalue weighted by Crippen LogP contribution is 2.21. The molecule has 3 rings (SSSR count). The second-order valence-corrected chi connectivity index (χ2v) is 9.35. The molecule has 0 amide bonds. The molecule has 0 aromatic heterocycles. The van der Waals surface area contributed by atoms with E-state index in [0.29, 0.717) is 17.5 Å². The Morgan fingerprint density at radius 3 is 2.50 bits per heavy atom. The molecular formula is C22H31N3O2S. The van der Waals surface area contributed by atoms with E-state index in [0.717, 1.165) is 45.1 Å². The van der Waals surface area contributed by atoms with Gasteiger partial charge in [0.15, 0.2) is 0 Å². The fourth-order valence-electron chi connectivity index (χ4n) is 3.71. The number of nitrogens with two attached hydrogens (primary N) is 1. The van der Waals surface area contributed by atoms with Crippen molar-refractivity contribution in [3.8, 4) is 0 Å². The molecule has 1 aliphatic carbocycles. The Kier molecular flexibility index (Phi) is 7.62. The molecule has 2 aromatic carbocycles. The lowest BCUT2D eigenvalue weighted by Gasteiger charge is -2.26. The van der Waals surface area contributed by atoms with Crippen LogP contribution in [-0.4, -0.2) is 33.6 Å². The smallest absolute Gasteiger partial charge is 0.240 e. The summed E-state index contributed by atoms with van der Waals surface area (Å²) in [5.74, 6) is 0. The van der Waals surface area contributed by atoms with Gasteiger partial charge in [-0.15, -0.1) is 0 Å². The van der Waals surface area contributed by atoms with Crippen molar-refractivity contribution >= 4 is 10.0 Å². The van der Waals surface area contributed by atoms with Crippen molar-refractivity contribution in [1.82, 2.24) is 10.0 Å². The number of hydrogen-bond donors (Lipinski definition) is 3. The molecule has 4 N–H and O–H groups in total. The van der Waals surface area contributed by atoms with Crippen molar-refractivity contribution in [2.45, 2.75) is 55.5 Å². The first-order chi connectivity index (χ1) is 13.5. The van der Waals surface area contributed by atoms with E-state index in [2.05, 4.69) is 34.3 Å². The van der Waals surface area contributed by atoms with E-state index in [1.165, 1.54) is 11.1 Å². The number of sulfonamides is 1. The van der Waals surface area contributed by atoms with E-state index in [1.807, 2.05) is 0 Å². The molecule has 0 saturated carbocycles. The Balaban J connectivity index is 1.30. The Labute approximate surface area is 168 Å². The first-order valence-corrected chi connectivity index (χ1v) is 11.6. The largest absolute Gasteiger partial charge is 0.327 e. The third-order valence-electron chi connectivity index (χ3n) is 5.36. The normalized spacial score (nSPS) is 17.8. The van der Waals surface area contributed by atoms with Gasteiger partial charge in [0.1, 0.15) is 0 Å². The summed E-state index contributed by atoms with van der Waals surface area (Å²) in [7, 11) is -3.40. The third kappa shape index (κ3) is 6.14. The van der Waals surface area contributed by atoms with Crippen LogP contribution in [0.25, 0.3) is 0 Å². The van der Waals surface area contributed by atoms with Gasteiger partial charge in [-0.1, -0.05) is 48.9 Å². The Morgan fingerprint density at radius 2 is 1.71 bits per heavy atom. The van der Waals surface area contributed by atoms with Crippen LogP contribution in [0.3, 0.4) is 0 Å². The molecular weight excluding hydrogens is 370 g/mol. The average molecular weight is 402 g/mol. The molecule has 2 atom stereocenters. The molecule has 0 spiro atoms. The number of fused-ring (bicyclic) bond motifs is 1. The molecule has 0 radical (unpaired) electrons. The van der Waals surface area contributed by atoms with Crippen molar-refractivity contribution in [3.63, 3.8) is 0 Å². The monoisotopic (exact) mass is 401 g/mol. The van der Waals surface area contributed by atoms with Gasteiger partial charge >= 0.3 is 0 Å². The lowest BCUT2D eigenvalue weighted by molar-refractivity contribution is 0.423. The van der Waals surface area contributed by atoms with E-state index in [4.69, 9.17) is 5.73 Å². The van der Waals surface area contributed by atoms with Crippen LogP contribution in [0.4, 0.5) is 0 Å². The van der Waals surface area contributed by atoms with Crippen LogP contribution in [0.2, 0.25) is 0 Å². The minimum atomic E-state index is -3.40. The summed E-state index contributed by atoms with van der Waals surface area (Å²) < 4.78 is 27.0. The molecule has 152 valence electrons. The molecule has 0 heterocycles. The number of hydrogen-bond acceptors (Lipinski definition) is 4. The van der Waals surface area contributed by atoms with Crippen LogP contribution >= 0.6 is 0 Å². The molecule has 0 bridgehead atoms. The molecule has 5 nitrogen and oxygen atoms in total. The predicted octanol–water partition coefficient (Wildman–Crippen LogP) is 2.61. The van der Waals surface area contributed by atoms with Crippen LogP contribution in [0.1, 0.15) is 36.8 Å². The van der Waals surface area contributed by atoms with Crippen LogP contribution in [0.15, 0.2) is 59.5 Å². The zero-order valence-corrected chi connectivity index (χ0v) is 17.1. The number of aryl methyl sites for hydroxylation is 1. The number of nitrogens with one attached hydrogen (secondary N) is 2. The standard InChI is InChI=1S/C22H31N3O2S/c23-20(17-24-21-14-13-18-8-4-5-9-19(18)16-21)10-6-7-15-25-28(26,27)22-11-2-1-3-12-22/h1-5,8-9,11-12,20-21,24-25H,6-7,10,13-17,23H2. The number of unbranched alkanes of at least 4 members (excludes halogenated alkanes) is 1. The van der Waals surface area contributed by atoms with Gasteiger partial charge < -0.3 is 11.1 Å². The average Bonchev–Trinajstić information content (AvgIpc) is 2.72. The quantitative estimate of drug-likeness (QED) is 0.534. The second-order valence-electron chi connectivity index (χ2n) is 7.58. The van der Waals surface area contributed by atoms with Crippen molar-refractivity contribution in [3.05, 3.63) is 65.7 Å². The van der Waals surface area contributed by atoms with E-state index >= 15 is 0 Å². The third-order valence-corrected chi connectivity index (χ3v) is 6.84. The molecule has 0 saturated heterocycles. The van der Waals surface area contributed by atoms with Gasteiger partial charge in [0.25, 0.3) is 0 Å². The Morgan fingerprint density at radius 1 is 1.00 bits per heavy atom. The van der Waals surface area contributed by atoms with Crippen molar-refractivity contribution in [2.24, 2.45) is 5.73 Å². The van der Waals surface area contributed by atoms with Crippen molar-refractivity contribution < 1.29 is 8.42 Å². The fourth-order valence-corrected chi connectivity index (χ4v) is 4.81. The fraction of sp³-hybridized carbons (Fsp3) is 0.455. The zero-order valence-electron chi connectivity index (χ0n) is 16.3. The van der Waals surface area contributed by atoms with E-state index < -0.39 is 10.0 Å². The maximum Gasteiger partial charge on any atom is 0.240 e. The molecule has 0 fully saturated rings. The number of benzene rings is 2. The molecule has 0 aliphatic heterocycles. The van der Waals surface area contributed by atoms with Gasteiger partial charge in [0, 0.05) is 25.2 Å². The number of rotatable bonds is 10. The summed E-state index contributed by atoms with van der Waals surface area (Å²) >= 11 is 0. The van der Waals surface area contributed by atoms with Gasteiger partial charge in [-0.3, -0.25) is 0 Å². The Hall–Kier alpha value is -1.73. The first-order valence-electron chi connectivity index (χ1n) is 10.1. The molecule has 2 aromatic rings. The lowest BCUT2D eigenvalue weighted by Crippen LogP contribution is -2.42. The van der Waals surface area contributed by atoms with E-state index in [9.17, 15) is 8.42 Å². The van der Waals surface area contributed by atoms with Gasteiger partial charge in [-0.25, -0.2) is 13.1 Å². The van der Waals surface area contributed by atoms with Crippen LogP contribution in [0.5, 0.6) is 0 Å². The van der Waals surface area contributed by atoms with Gasteiger partial charge in [-0.05, 0) is 55.4 Å². The first kappa shape index (κ1) is 21.0. The summed E-state index contributed by atoms with van der Waals surface area (Å²) in [6.45, 7) is 1.25. The van der Waals surface area contributed by atoms with Gasteiger partial charge in [0.05, 0.1) is 4.90 Å². The maximum atomic E-state index is 12.1. The molecule has 6 heteroatoms. The second kappa shape index (κ2) is 10.2. The Bertz CT molecular complexity index is 840. The maximum absolute atomic E-state index is 12.1. The zero-order chi connectivity index (χ0) is 19.8. The summed E-state index contributed by atoms with van der Waals surface area (Å²) in [4.78, 5) is 0.310. The van der Waals surface area contributed by atoms with Crippen LogP contribution in [-0.2, 0) is 22.9 Å². The lowest BCUT2D eigenvalue weighted by atomic mass is 9.88. The van der Waals surface area contributed by atoms with Crippen molar-refractivity contribution in [2.75, 3.05) is 13.1 Å². The summed E-state index contributed by atoms with van der Waals surface area (Å²) in [5, 5.41) is 3.61. The minimum absolute atomic E-state index is 0.0999. The van der Waals surface area contributed by atoms with Gasteiger partial charge in [-0.2, -0.15) is 0 Å². The molecule has 2 unspecified atom stereocenters. The van der Waals surface area contributed by atoms with Crippen LogP contribution < -0.4 is 15.8 Å². The highest BCUT2D eigenvalue weighted by atomic mass is 32.2. The summed E-state index contributed by atoms with van der Waals surface area (Å²) in [6.07, 6.45) is 5.95. The van der Waals surface area contributed by atoms with E-state index in [-0.39, 0.29) is 6.04 Å². The highest BCUT2D eigenvalue weighted by molar-refractivity contribution is 7.89.